The van der Waals surface area contributed by atoms with Crippen molar-refractivity contribution in [2.24, 2.45) is 0 Å². The van der Waals surface area contributed by atoms with Crippen molar-refractivity contribution in [3.05, 3.63) is 27.3 Å². The number of amides is 1. The summed E-state index contributed by atoms with van der Waals surface area (Å²) in [5, 5.41) is 2.63. The quantitative estimate of drug-likeness (QED) is 0.753. The van der Waals surface area contributed by atoms with Gasteiger partial charge in [0.2, 0.25) is 0 Å². The fourth-order valence-corrected chi connectivity index (χ4v) is 2.97. The van der Waals surface area contributed by atoms with E-state index in [0.717, 1.165) is 6.92 Å². The van der Waals surface area contributed by atoms with Crippen LogP contribution in [0.4, 0.5) is 0 Å². The maximum absolute atomic E-state index is 13.7. The highest BCUT2D eigenvalue weighted by atomic mass is 32.1. The number of rotatable bonds is 7. The summed E-state index contributed by atoms with van der Waals surface area (Å²) in [6.45, 7) is -14.4. The molecule has 0 spiro atoms. The lowest BCUT2D eigenvalue weighted by molar-refractivity contribution is 0.0946. The second kappa shape index (κ2) is 8.22. The Kier molecular flexibility index (Phi) is 1.92. The van der Waals surface area contributed by atoms with Crippen molar-refractivity contribution in [3.63, 3.8) is 0 Å². The highest BCUT2D eigenvalue weighted by molar-refractivity contribution is 7.16. The van der Waals surface area contributed by atoms with E-state index in [-0.39, 0.29) is 9.47 Å². The van der Waals surface area contributed by atoms with Crippen LogP contribution in [0.15, 0.2) is 16.2 Å². The standard InChI is InChI=1S/C19H27N3O3S/c1-13(2)22-18(25)15(16(23)14-7-12-26-19(14)22)17(24)20-8-6-11-21-9-4-3-5-10-21/h7,12-13,23H,3-6,8-11H2,1-2H3,(H,20,24)/i1D3,3D2,4D2,5D2,7D,8D2,9D2,10D2,12D,13D/hD2. The molecule has 0 bridgehead atoms. The lowest BCUT2D eigenvalue weighted by atomic mass is 10.1. The highest BCUT2D eigenvalue weighted by Gasteiger charge is 2.23. The molecule has 6 nitrogen and oxygen atoms in total. The molecular formula is C19H27N3O3S. The Morgan fingerprint density at radius 1 is 1.65 bits per heavy atom. The monoisotopic (exact) mass is 397 g/mol. The van der Waals surface area contributed by atoms with Crippen LogP contribution in [0.1, 0.15) is 80.4 Å². The number of thiophene rings is 1. The Bertz CT molecular complexity index is 1580. The number of aromatic hydroxyl groups is 1. The zero-order valence-corrected chi connectivity index (χ0v) is 14.2. The molecule has 1 aliphatic heterocycles. The van der Waals surface area contributed by atoms with Gasteiger partial charge in [0.15, 0.2) is 1.41 Å². The van der Waals surface area contributed by atoms with Gasteiger partial charge in [0.25, 0.3) is 12.9 Å². The van der Waals surface area contributed by atoms with Gasteiger partial charge in [0.05, 0.1) is 9.50 Å². The van der Waals surface area contributed by atoms with Gasteiger partial charge in [-0.1, -0.05) is 6.37 Å². The normalized spacial score (nSPS) is 39.7. The molecule has 3 rings (SSSR count). The van der Waals surface area contributed by atoms with Crippen LogP contribution in [0.2, 0.25) is 1.41 Å². The van der Waals surface area contributed by atoms with Gasteiger partial charge in [-0.2, -0.15) is 0 Å². The first-order valence-corrected chi connectivity index (χ1v) is 8.07. The molecule has 1 unspecified atom stereocenters. The molecule has 1 aliphatic rings. The van der Waals surface area contributed by atoms with E-state index in [1.807, 2.05) is 0 Å². The summed E-state index contributed by atoms with van der Waals surface area (Å²) in [6.07, 6.45) is -12.5. The number of pyridine rings is 1. The average molecular weight is 398 g/mol. The molecule has 26 heavy (non-hydrogen) atoms. The number of nitrogens with zero attached hydrogens (tertiary/aromatic N) is 2. The minimum atomic E-state index is -3.75. The van der Waals surface area contributed by atoms with Crippen molar-refractivity contribution in [3.8, 4) is 5.75 Å². The summed E-state index contributed by atoms with van der Waals surface area (Å²) in [7, 11) is 0. The molecule has 2 N–H and O–H groups in total. The third-order valence-electron chi connectivity index (χ3n) is 3.30. The largest absolute Gasteiger partial charge is 0.506 e. The van der Waals surface area contributed by atoms with Crippen molar-refractivity contribution in [2.75, 3.05) is 26.0 Å². The number of piperidine rings is 1. The van der Waals surface area contributed by atoms with Crippen molar-refractivity contribution in [2.45, 2.75) is 45.3 Å². The number of hydrogen-bond acceptors (Lipinski definition) is 5. The average Bonchev–Trinajstić information content (AvgIpc) is 3.17. The molecule has 2 aromatic rings. The van der Waals surface area contributed by atoms with E-state index in [0.29, 0.717) is 11.3 Å². The third-order valence-corrected chi connectivity index (χ3v) is 4.08. The summed E-state index contributed by atoms with van der Waals surface area (Å²) in [4.78, 5) is 26.6. The molecule has 1 amide bonds. The summed E-state index contributed by atoms with van der Waals surface area (Å²) in [5.41, 5.74) is -3.06. The van der Waals surface area contributed by atoms with Crippen molar-refractivity contribution >= 4 is 27.5 Å². The molecule has 3 heterocycles. The molecule has 0 aromatic carbocycles. The second-order valence-electron chi connectivity index (χ2n) is 5.01. The zero-order valence-electron chi connectivity index (χ0n) is 33.4. The van der Waals surface area contributed by atoms with Gasteiger partial charge < -0.3 is 15.3 Å². The summed E-state index contributed by atoms with van der Waals surface area (Å²) in [5.74, 6) is -3.00. The van der Waals surface area contributed by atoms with E-state index in [9.17, 15) is 9.59 Å². The van der Waals surface area contributed by atoms with Crippen molar-refractivity contribution in [1.29, 1.82) is 1.43 Å². The molecular weight excluding hydrogens is 350 g/mol. The smallest absolute Gasteiger partial charge is 0.293 e. The van der Waals surface area contributed by atoms with Gasteiger partial charge in [-0.3, -0.25) is 14.2 Å². The van der Waals surface area contributed by atoms with Crippen LogP contribution >= 0.6 is 11.3 Å². The molecule has 0 radical (unpaired) electrons. The molecule has 1 saturated heterocycles. The van der Waals surface area contributed by atoms with Gasteiger partial charge in [0, 0.05) is 33.1 Å². The summed E-state index contributed by atoms with van der Waals surface area (Å²) < 4.78 is 161. The van der Waals surface area contributed by atoms with E-state index < -0.39 is 114 Å². The van der Waals surface area contributed by atoms with Gasteiger partial charge >= 0.3 is 0 Å². The fourth-order valence-electron chi connectivity index (χ4n) is 2.17. The van der Waals surface area contributed by atoms with Crippen molar-refractivity contribution < 1.29 is 36.0 Å². The number of likely N-dealkylation sites (tertiary alicyclic amines) is 1. The highest BCUT2D eigenvalue weighted by Crippen LogP contribution is 2.31. The minimum Gasteiger partial charge on any atom is -0.506 e. The first kappa shape index (κ1) is 6.07. The Morgan fingerprint density at radius 3 is 3.19 bits per heavy atom. The molecule has 0 saturated carbocycles. The van der Waals surface area contributed by atoms with Crippen LogP contribution in [0.3, 0.4) is 0 Å². The van der Waals surface area contributed by atoms with Crippen LogP contribution in [0, 0.1) is 0 Å². The van der Waals surface area contributed by atoms with Crippen LogP contribution < -0.4 is 10.9 Å². The molecule has 142 valence electrons. The number of nitrogens with one attached hydrogen (secondary N) is 1. The van der Waals surface area contributed by atoms with Crippen LogP contribution in [0.5, 0.6) is 5.75 Å². The van der Waals surface area contributed by atoms with Gasteiger partial charge in [-0.15, -0.1) is 11.3 Å². The SMILES string of the molecule is [2H]Oc1c(C(=O)N([2H])C([2H])([2H])CCN2C([2H])([2H])C([2H])([2H])C([2H])([2H])C([2H])([2H])C2([2H])[2H])c(=O)n(C([2H])(C)C([2H])([2H])[2H])c2sc([2H])c([2H])c12. The number of hydrogen-bond donors (Lipinski definition) is 2. The Hall–Kier alpha value is -1.86. The van der Waals surface area contributed by atoms with E-state index in [4.69, 9.17) is 27.5 Å². The Balaban J connectivity index is 2.17. The fraction of sp³-hybridized carbons (Fsp3) is 0.579. The predicted octanol–water partition coefficient (Wildman–Crippen LogP) is 2.96. The molecule has 2 aromatic heterocycles. The number of aromatic nitrogens is 1. The van der Waals surface area contributed by atoms with Crippen LogP contribution in [0.25, 0.3) is 10.2 Å². The van der Waals surface area contributed by atoms with E-state index in [1.165, 1.54) is 0 Å². The molecule has 1 fully saturated rings. The Morgan fingerprint density at radius 2 is 2.46 bits per heavy atom. The van der Waals surface area contributed by atoms with Gasteiger partial charge in [-0.25, -0.2) is 0 Å². The van der Waals surface area contributed by atoms with Gasteiger partial charge in [0.1, 0.15) is 16.1 Å². The summed E-state index contributed by atoms with van der Waals surface area (Å²) >= 11 is 0.348. The van der Waals surface area contributed by atoms with E-state index in [1.54, 1.807) is 0 Å². The first-order chi connectivity index (χ1) is 20.3. The zero-order chi connectivity index (χ0) is 36.2. The number of carbonyl (C=O) groups excluding carboxylic acids is 1. The minimum absolute atomic E-state index is 0.121. The topological polar surface area (TPSA) is 74.6 Å². The number of carbonyl (C=O) groups is 1. The predicted molar refractivity (Wildman–Crippen MR) is 105 cm³/mol. The van der Waals surface area contributed by atoms with E-state index >= 15 is 0 Å². The lowest BCUT2D eigenvalue weighted by Gasteiger charge is -2.26. The Labute approximate surface area is 185 Å². The van der Waals surface area contributed by atoms with Gasteiger partial charge in [-0.05, 0) is 63.9 Å². The lowest BCUT2D eigenvalue weighted by Crippen LogP contribution is -2.36. The summed E-state index contributed by atoms with van der Waals surface area (Å²) in [6, 6.07) is -3.65. The third kappa shape index (κ3) is 3.78. The second-order valence-corrected chi connectivity index (χ2v) is 5.81. The maximum atomic E-state index is 13.7. The van der Waals surface area contributed by atoms with Crippen LogP contribution in [-0.2, 0) is 0 Å². The van der Waals surface area contributed by atoms with Crippen molar-refractivity contribution in [1.82, 2.24) is 14.8 Å². The van der Waals surface area contributed by atoms with E-state index in [2.05, 4.69) is 5.11 Å². The first-order valence-electron chi connectivity index (χ1n) is 17.1. The molecule has 0 aliphatic carbocycles. The maximum Gasteiger partial charge on any atom is 0.293 e. The van der Waals surface area contributed by atoms with Crippen LogP contribution in [-0.4, -0.2) is 47.9 Å². The number of fused-ring (bicyclic) bond motifs is 1. The molecule has 1 atom stereocenters. The molecule has 7 heteroatoms.